The Morgan fingerprint density at radius 3 is 2.36 bits per heavy atom. The molecule has 0 atom stereocenters. The fourth-order valence-corrected chi connectivity index (χ4v) is 2.64. The van der Waals surface area contributed by atoms with E-state index in [1.54, 1.807) is 12.1 Å². The normalized spacial score (nSPS) is 17.6. The average Bonchev–Trinajstić information content (AvgIpc) is 2.47. The van der Waals surface area contributed by atoms with E-state index < -0.39 is 6.36 Å². The van der Waals surface area contributed by atoms with E-state index in [-0.39, 0.29) is 5.75 Å². The van der Waals surface area contributed by atoms with Gasteiger partial charge in [-0.2, -0.15) is 0 Å². The number of likely N-dealkylation sites (tertiary alicyclic amines) is 1. The number of ether oxygens (including phenoxy) is 1. The molecule has 0 amide bonds. The lowest BCUT2D eigenvalue weighted by molar-refractivity contribution is -0.274. The maximum atomic E-state index is 12.1. The predicted molar refractivity (Wildman–Crippen MR) is 78.5 cm³/mol. The van der Waals surface area contributed by atoms with Crippen LogP contribution in [0.5, 0.6) is 5.75 Å². The van der Waals surface area contributed by atoms with Crippen molar-refractivity contribution in [2.75, 3.05) is 26.2 Å². The Labute approximate surface area is 128 Å². The zero-order valence-corrected chi connectivity index (χ0v) is 12.4. The summed E-state index contributed by atoms with van der Waals surface area (Å²) in [6, 6.07) is 6.60. The van der Waals surface area contributed by atoms with Gasteiger partial charge in [0.15, 0.2) is 0 Å². The smallest absolute Gasteiger partial charge is 0.406 e. The van der Waals surface area contributed by atoms with Crippen molar-refractivity contribution in [2.24, 2.45) is 5.73 Å². The van der Waals surface area contributed by atoms with Crippen molar-refractivity contribution in [1.29, 1.82) is 0 Å². The summed E-state index contributed by atoms with van der Waals surface area (Å²) in [6.45, 7) is 4.18. The van der Waals surface area contributed by atoms with Gasteiger partial charge in [0.25, 0.3) is 0 Å². The summed E-state index contributed by atoms with van der Waals surface area (Å²) in [6.07, 6.45) is -2.51. The van der Waals surface area contributed by atoms with Crippen molar-refractivity contribution in [3.8, 4) is 5.75 Å². The van der Waals surface area contributed by atoms with Crippen LogP contribution in [0.3, 0.4) is 0 Å². The zero-order valence-electron chi connectivity index (χ0n) is 12.4. The molecule has 0 aromatic heterocycles. The summed E-state index contributed by atoms with van der Waals surface area (Å²) in [5, 5.41) is 3.41. The van der Waals surface area contributed by atoms with E-state index in [0.717, 1.165) is 44.6 Å². The minimum atomic E-state index is -4.64. The standard InChI is InChI=1S/C15H22F3N3O/c16-15(17,18)22-14-3-1-12(2-4-14)11-21-9-5-13(6-10-21)20-8-7-19/h1-4,13,20H,5-11,19H2. The summed E-state index contributed by atoms with van der Waals surface area (Å²) in [4.78, 5) is 2.31. The van der Waals surface area contributed by atoms with Crippen LogP contribution < -0.4 is 15.8 Å². The maximum absolute atomic E-state index is 12.1. The maximum Gasteiger partial charge on any atom is 0.573 e. The third kappa shape index (κ3) is 5.82. The van der Waals surface area contributed by atoms with Gasteiger partial charge in [0.05, 0.1) is 0 Å². The van der Waals surface area contributed by atoms with Gasteiger partial charge in [0.2, 0.25) is 0 Å². The van der Waals surface area contributed by atoms with Crippen molar-refractivity contribution in [3.05, 3.63) is 29.8 Å². The molecule has 4 nitrogen and oxygen atoms in total. The monoisotopic (exact) mass is 317 g/mol. The largest absolute Gasteiger partial charge is 0.573 e. The number of nitrogens with zero attached hydrogens (tertiary/aromatic N) is 1. The summed E-state index contributed by atoms with van der Waals surface area (Å²) in [5.41, 5.74) is 6.46. The average molecular weight is 317 g/mol. The molecule has 0 spiro atoms. The van der Waals surface area contributed by atoms with E-state index in [2.05, 4.69) is 15.0 Å². The number of nitrogens with two attached hydrogens (primary N) is 1. The number of rotatable bonds is 6. The fourth-order valence-electron chi connectivity index (χ4n) is 2.64. The summed E-state index contributed by atoms with van der Waals surface area (Å²) in [5.74, 6) is -0.180. The first-order valence-electron chi connectivity index (χ1n) is 7.47. The predicted octanol–water partition coefficient (Wildman–Crippen LogP) is 2.10. The zero-order chi connectivity index (χ0) is 16.0. The molecule has 0 radical (unpaired) electrons. The van der Waals surface area contributed by atoms with Crippen LogP contribution in [0.15, 0.2) is 24.3 Å². The van der Waals surface area contributed by atoms with Gasteiger partial charge in [-0.25, -0.2) is 0 Å². The molecule has 7 heteroatoms. The molecule has 1 heterocycles. The van der Waals surface area contributed by atoms with E-state index >= 15 is 0 Å². The second kappa shape index (κ2) is 7.80. The minimum Gasteiger partial charge on any atom is -0.406 e. The third-order valence-electron chi connectivity index (χ3n) is 3.73. The molecular formula is C15H22F3N3O. The Morgan fingerprint density at radius 1 is 1.18 bits per heavy atom. The Morgan fingerprint density at radius 2 is 1.82 bits per heavy atom. The van der Waals surface area contributed by atoms with Crippen molar-refractivity contribution in [1.82, 2.24) is 10.2 Å². The highest BCUT2D eigenvalue weighted by Crippen LogP contribution is 2.23. The second-order valence-corrected chi connectivity index (χ2v) is 5.48. The summed E-state index contributed by atoms with van der Waals surface area (Å²) >= 11 is 0. The molecule has 1 fully saturated rings. The molecule has 1 saturated heterocycles. The highest BCUT2D eigenvalue weighted by Gasteiger charge is 2.31. The van der Waals surface area contributed by atoms with Crippen LogP contribution in [-0.2, 0) is 6.54 Å². The number of hydrogen-bond donors (Lipinski definition) is 2. The summed E-state index contributed by atoms with van der Waals surface area (Å²) < 4.78 is 40.2. The first kappa shape index (κ1) is 17.1. The number of nitrogens with one attached hydrogen (secondary N) is 1. The first-order chi connectivity index (χ1) is 10.5. The molecule has 1 aliphatic rings. The molecular weight excluding hydrogens is 295 g/mol. The van der Waals surface area contributed by atoms with Crippen LogP contribution in [0.4, 0.5) is 13.2 Å². The lowest BCUT2D eigenvalue weighted by Crippen LogP contribution is -2.43. The lowest BCUT2D eigenvalue weighted by atomic mass is 10.0. The van der Waals surface area contributed by atoms with E-state index in [1.165, 1.54) is 12.1 Å². The Hall–Kier alpha value is -1.31. The van der Waals surface area contributed by atoms with Gasteiger partial charge in [0, 0.05) is 25.7 Å². The van der Waals surface area contributed by atoms with Gasteiger partial charge < -0.3 is 15.8 Å². The van der Waals surface area contributed by atoms with Gasteiger partial charge in [-0.3, -0.25) is 4.90 Å². The molecule has 22 heavy (non-hydrogen) atoms. The first-order valence-corrected chi connectivity index (χ1v) is 7.47. The van der Waals surface area contributed by atoms with Gasteiger partial charge in [-0.05, 0) is 43.6 Å². The highest BCUT2D eigenvalue weighted by molar-refractivity contribution is 5.27. The molecule has 1 aromatic rings. The molecule has 0 unspecified atom stereocenters. The molecule has 0 saturated carbocycles. The molecule has 2 rings (SSSR count). The van der Waals surface area contributed by atoms with Crippen molar-refractivity contribution in [3.63, 3.8) is 0 Å². The lowest BCUT2D eigenvalue weighted by Gasteiger charge is -2.32. The van der Waals surface area contributed by atoms with Crippen molar-refractivity contribution < 1.29 is 17.9 Å². The molecule has 1 aromatic carbocycles. The van der Waals surface area contributed by atoms with E-state index in [9.17, 15) is 13.2 Å². The van der Waals surface area contributed by atoms with E-state index in [4.69, 9.17) is 5.73 Å². The van der Waals surface area contributed by atoms with Crippen molar-refractivity contribution in [2.45, 2.75) is 31.8 Å². The number of hydrogen-bond acceptors (Lipinski definition) is 4. The second-order valence-electron chi connectivity index (χ2n) is 5.48. The topological polar surface area (TPSA) is 50.5 Å². The van der Waals surface area contributed by atoms with Crippen LogP contribution >= 0.6 is 0 Å². The van der Waals surface area contributed by atoms with Gasteiger partial charge in [-0.15, -0.1) is 13.2 Å². The Balaban J connectivity index is 1.77. The van der Waals surface area contributed by atoms with Crippen LogP contribution in [-0.4, -0.2) is 43.5 Å². The van der Waals surface area contributed by atoms with Gasteiger partial charge in [-0.1, -0.05) is 12.1 Å². The van der Waals surface area contributed by atoms with E-state index in [0.29, 0.717) is 12.6 Å². The fraction of sp³-hybridized carbons (Fsp3) is 0.600. The van der Waals surface area contributed by atoms with Crippen LogP contribution in [0.2, 0.25) is 0 Å². The number of halogens is 3. The third-order valence-corrected chi connectivity index (χ3v) is 3.73. The molecule has 0 bridgehead atoms. The highest BCUT2D eigenvalue weighted by atomic mass is 19.4. The van der Waals surface area contributed by atoms with Gasteiger partial charge in [0.1, 0.15) is 5.75 Å². The molecule has 0 aliphatic carbocycles. The van der Waals surface area contributed by atoms with Crippen LogP contribution in [0.25, 0.3) is 0 Å². The Kier molecular flexibility index (Phi) is 6.05. The summed E-state index contributed by atoms with van der Waals surface area (Å²) in [7, 11) is 0. The number of alkyl halides is 3. The number of benzene rings is 1. The molecule has 3 N–H and O–H groups in total. The Bertz CT molecular complexity index is 442. The molecule has 124 valence electrons. The molecule has 1 aliphatic heterocycles. The number of piperidine rings is 1. The van der Waals surface area contributed by atoms with Crippen LogP contribution in [0.1, 0.15) is 18.4 Å². The van der Waals surface area contributed by atoms with Crippen molar-refractivity contribution >= 4 is 0 Å². The van der Waals surface area contributed by atoms with E-state index in [1.807, 2.05) is 0 Å². The van der Waals surface area contributed by atoms with Gasteiger partial charge >= 0.3 is 6.36 Å². The van der Waals surface area contributed by atoms with Crippen LogP contribution in [0, 0.1) is 0 Å². The quantitative estimate of drug-likeness (QED) is 0.844. The minimum absolute atomic E-state index is 0.180. The SMILES string of the molecule is NCCNC1CCN(Cc2ccc(OC(F)(F)F)cc2)CC1.